The van der Waals surface area contributed by atoms with Crippen LogP contribution in [0.25, 0.3) is 11.1 Å². The summed E-state index contributed by atoms with van der Waals surface area (Å²) in [5.41, 5.74) is 2.37. The van der Waals surface area contributed by atoms with Gasteiger partial charge in [-0.25, -0.2) is 14.2 Å². The normalized spacial score (nSPS) is 15.5. The number of halogens is 2. The smallest absolute Gasteiger partial charge is 0.337 e. The van der Waals surface area contributed by atoms with Crippen LogP contribution in [0.5, 0.6) is 0 Å². The number of hydrogen-bond donors (Lipinski definition) is 3. The van der Waals surface area contributed by atoms with Gasteiger partial charge in [0.1, 0.15) is 11.6 Å². The maximum absolute atomic E-state index is 13.5. The number of nitrogens with one attached hydrogen (secondary N) is 2. The number of aromatic nitrogens is 3. The second-order valence-electron chi connectivity index (χ2n) is 7.29. The zero-order chi connectivity index (χ0) is 22.7. The summed E-state index contributed by atoms with van der Waals surface area (Å²) in [7, 11) is 0. The van der Waals surface area contributed by atoms with Gasteiger partial charge in [0.2, 0.25) is 5.95 Å². The van der Waals surface area contributed by atoms with Crippen LogP contribution < -0.4 is 10.6 Å². The number of aromatic carboxylic acids is 1. The molecule has 166 valence electrons. The molecule has 3 aromatic rings. The zero-order valence-corrected chi connectivity index (χ0v) is 18.0. The highest BCUT2D eigenvalue weighted by molar-refractivity contribution is 6.31. The first kappa shape index (κ1) is 21.9. The van der Waals surface area contributed by atoms with E-state index in [4.69, 9.17) is 16.3 Å². The minimum absolute atomic E-state index is 0.0173. The standard InChI is InChI=1S/C22H21ClFN5O3/c1-2-19-15(21(30)31)7-12(9-25-19)16-10-26-22(28-13-3-4-18(24)17(23)8-13)29-20(16)27-14-5-6-32-11-14/h3-4,7-10,14H,2,5-6,11H2,1H3,(H,30,31)(H2,26,27,28,29)/t14-/m1/s1. The molecule has 1 saturated heterocycles. The Kier molecular flexibility index (Phi) is 6.48. The molecule has 8 nitrogen and oxygen atoms in total. The van der Waals surface area contributed by atoms with Crippen molar-refractivity contribution >= 4 is 35.0 Å². The van der Waals surface area contributed by atoms with Gasteiger partial charge in [0.15, 0.2) is 0 Å². The number of carboxylic acid groups (broad SMARTS) is 1. The molecule has 0 amide bonds. The van der Waals surface area contributed by atoms with Crippen molar-refractivity contribution < 1.29 is 19.0 Å². The molecule has 0 unspecified atom stereocenters. The van der Waals surface area contributed by atoms with Crippen LogP contribution in [0.2, 0.25) is 5.02 Å². The average molecular weight is 458 g/mol. The summed E-state index contributed by atoms with van der Waals surface area (Å²) >= 11 is 5.86. The monoisotopic (exact) mass is 457 g/mol. The molecule has 0 aliphatic carbocycles. The predicted molar refractivity (Wildman–Crippen MR) is 119 cm³/mol. The molecule has 3 N–H and O–H groups in total. The average Bonchev–Trinajstić information content (AvgIpc) is 3.29. The third-order valence-corrected chi connectivity index (χ3v) is 5.37. The van der Waals surface area contributed by atoms with E-state index in [1.165, 1.54) is 18.2 Å². The molecule has 3 heterocycles. The summed E-state index contributed by atoms with van der Waals surface area (Å²) in [6.07, 6.45) is 4.53. The van der Waals surface area contributed by atoms with Crippen LogP contribution in [0.4, 0.5) is 21.8 Å². The van der Waals surface area contributed by atoms with E-state index in [1.807, 2.05) is 6.92 Å². The van der Waals surface area contributed by atoms with Crippen LogP contribution in [0, 0.1) is 5.82 Å². The number of pyridine rings is 1. The van der Waals surface area contributed by atoms with Crippen LogP contribution in [0.3, 0.4) is 0 Å². The molecule has 10 heteroatoms. The Hall–Kier alpha value is -3.30. The Bertz CT molecular complexity index is 1150. The summed E-state index contributed by atoms with van der Waals surface area (Å²) < 4.78 is 18.9. The second kappa shape index (κ2) is 9.46. The fourth-order valence-corrected chi connectivity index (χ4v) is 3.60. The van der Waals surface area contributed by atoms with Crippen LogP contribution in [-0.2, 0) is 11.2 Å². The lowest BCUT2D eigenvalue weighted by Crippen LogP contribution is -2.20. The lowest BCUT2D eigenvalue weighted by molar-refractivity contribution is 0.0695. The molecule has 32 heavy (non-hydrogen) atoms. The maximum Gasteiger partial charge on any atom is 0.337 e. The Morgan fingerprint density at radius 2 is 2.16 bits per heavy atom. The van der Waals surface area contributed by atoms with Crippen molar-refractivity contribution in [2.75, 3.05) is 23.8 Å². The van der Waals surface area contributed by atoms with Gasteiger partial charge in [-0.2, -0.15) is 4.98 Å². The van der Waals surface area contributed by atoms with Crippen molar-refractivity contribution in [2.24, 2.45) is 0 Å². The van der Waals surface area contributed by atoms with Gasteiger partial charge in [-0.05, 0) is 37.1 Å². The van der Waals surface area contributed by atoms with Gasteiger partial charge in [0.25, 0.3) is 0 Å². The van der Waals surface area contributed by atoms with Crippen molar-refractivity contribution in [3.63, 3.8) is 0 Å². The first-order valence-electron chi connectivity index (χ1n) is 10.1. The minimum Gasteiger partial charge on any atom is -0.478 e. The molecule has 0 saturated carbocycles. The van der Waals surface area contributed by atoms with Crippen LogP contribution in [-0.4, -0.2) is 45.3 Å². The van der Waals surface area contributed by atoms with E-state index in [0.717, 1.165) is 6.42 Å². The van der Waals surface area contributed by atoms with Crippen LogP contribution in [0.1, 0.15) is 29.4 Å². The van der Waals surface area contributed by atoms with Gasteiger partial charge < -0.3 is 20.5 Å². The molecular formula is C22H21ClFN5O3. The van der Waals surface area contributed by atoms with Gasteiger partial charge in [0, 0.05) is 35.8 Å². The second-order valence-corrected chi connectivity index (χ2v) is 7.70. The van der Waals surface area contributed by atoms with Gasteiger partial charge in [-0.3, -0.25) is 4.98 Å². The van der Waals surface area contributed by atoms with Gasteiger partial charge in [0.05, 0.1) is 28.9 Å². The summed E-state index contributed by atoms with van der Waals surface area (Å²) in [6.45, 7) is 3.03. The summed E-state index contributed by atoms with van der Waals surface area (Å²) in [5.74, 6) is -0.778. The van der Waals surface area contributed by atoms with Crippen molar-refractivity contribution in [2.45, 2.75) is 25.8 Å². The molecule has 1 aliphatic rings. The number of anilines is 3. The molecule has 0 spiro atoms. The molecule has 2 aromatic heterocycles. The topological polar surface area (TPSA) is 109 Å². The van der Waals surface area contributed by atoms with Crippen molar-refractivity contribution in [3.8, 4) is 11.1 Å². The highest BCUT2D eigenvalue weighted by atomic mass is 35.5. The Morgan fingerprint density at radius 1 is 1.31 bits per heavy atom. The van der Waals surface area contributed by atoms with Gasteiger partial charge in [-0.1, -0.05) is 18.5 Å². The molecule has 1 atom stereocenters. The van der Waals surface area contributed by atoms with E-state index >= 15 is 0 Å². The Labute approximate surface area is 188 Å². The minimum atomic E-state index is -1.04. The first-order chi connectivity index (χ1) is 15.4. The molecule has 0 bridgehead atoms. The first-order valence-corrected chi connectivity index (χ1v) is 10.5. The summed E-state index contributed by atoms with van der Waals surface area (Å²) in [4.78, 5) is 24.9. The highest BCUT2D eigenvalue weighted by Crippen LogP contribution is 2.30. The Morgan fingerprint density at radius 3 is 2.84 bits per heavy atom. The van der Waals surface area contributed by atoms with Crippen molar-refractivity contribution in [3.05, 3.63) is 58.8 Å². The fourth-order valence-electron chi connectivity index (χ4n) is 3.42. The van der Waals surface area contributed by atoms with E-state index in [1.54, 1.807) is 18.5 Å². The van der Waals surface area contributed by atoms with E-state index in [-0.39, 0.29) is 22.6 Å². The highest BCUT2D eigenvalue weighted by Gasteiger charge is 2.20. The predicted octanol–water partition coefficient (Wildman–Crippen LogP) is 4.54. The summed E-state index contributed by atoms with van der Waals surface area (Å²) in [5, 5.41) is 15.9. The van der Waals surface area contributed by atoms with E-state index in [2.05, 4.69) is 25.6 Å². The molecule has 1 fully saturated rings. The van der Waals surface area contributed by atoms with E-state index in [0.29, 0.717) is 48.0 Å². The Balaban J connectivity index is 1.72. The number of carboxylic acids is 1. The zero-order valence-electron chi connectivity index (χ0n) is 17.2. The van der Waals surface area contributed by atoms with Gasteiger partial charge in [-0.15, -0.1) is 0 Å². The van der Waals surface area contributed by atoms with Gasteiger partial charge >= 0.3 is 5.97 Å². The largest absolute Gasteiger partial charge is 0.478 e. The van der Waals surface area contributed by atoms with Crippen molar-refractivity contribution in [1.29, 1.82) is 0 Å². The number of nitrogens with zero attached hydrogens (tertiary/aromatic N) is 3. The van der Waals surface area contributed by atoms with E-state index < -0.39 is 11.8 Å². The quantitative estimate of drug-likeness (QED) is 0.474. The maximum atomic E-state index is 13.5. The molecule has 0 radical (unpaired) electrons. The summed E-state index contributed by atoms with van der Waals surface area (Å²) in [6, 6.07) is 5.86. The molecule has 1 aliphatic heterocycles. The van der Waals surface area contributed by atoms with Crippen LogP contribution in [0.15, 0.2) is 36.7 Å². The van der Waals surface area contributed by atoms with Crippen LogP contribution >= 0.6 is 11.6 Å². The van der Waals surface area contributed by atoms with E-state index in [9.17, 15) is 14.3 Å². The number of carbonyl (C=O) groups is 1. The number of rotatable bonds is 7. The number of hydrogen-bond acceptors (Lipinski definition) is 7. The third kappa shape index (κ3) is 4.79. The number of aryl methyl sites for hydroxylation is 1. The molecular weight excluding hydrogens is 437 g/mol. The SMILES string of the molecule is CCc1ncc(-c2cnc(Nc3ccc(F)c(Cl)c3)nc2N[C@@H]2CCOC2)cc1C(=O)O. The number of benzene rings is 1. The lowest BCUT2D eigenvalue weighted by atomic mass is 10.0. The lowest BCUT2D eigenvalue weighted by Gasteiger charge is -2.17. The third-order valence-electron chi connectivity index (χ3n) is 5.08. The molecule has 4 rings (SSSR count). The molecule has 1 aromatic carbocycles. The number of ether oxygens (including phenoxy) is 1. The van der Waals surface area contributed by atoms with Crippen molar-refractivity contribution in [1.82, 2.24) is 15.0 Å². The fraction of sp³-hybridized carbons (Fsp3) is 0.273.